The van der Waals surface area contributed by atoms with Gasteiger partial charge >= 0.3 is 0 Å². The van der Waals surface area contributed by atoms with E-state index in [1.54, 1.807) is 16.4 Å². The van der Waals surface area contributed by atoms with Crippen LogP contribution in [-0.4, -0.2) is 79.6 Å². The molecule has 0 saturated carbocycles. The van der Waals surface area contributed by atoms with E-state index in [0.717, 1.165) is 27.9 Å². The Kier molecular flexibility index (Phi) is 7.61. The molecule has 1 unspecified atom stereocenters. The van der Waals surface area contributed by atoms with Gasteiger partial charge in [0, 0.05) is 59.1 Å². The van der Waals surface area contributed by atoms with E-state index in [4.69, 9.17) is 19.2 Å². The van der Waals surface area contributed by atoms with Gasteiger partial charge in [-0.25, -0.2) is 13.2 Å². The average Bonchev–Trinajstić information content (AvgIpc) is 3.08. The fourth-order valence-electron chi connectivity index (χ4n) is 3.61. The summed E-state index contributed by atoms with van der Waals surface area (Å²) in [5, 5.41) is 0. The number of hydrogen-bond donors (Lipinski definition) is 0. The van der Waals surface area contributed by atoms with E-state index in [2.05, 4.69) is 4.98 Å². The fourth-order valence-corrected chi connectivity index (χ4v) is 4.41. The van der Waals surface area contributed by atoms with Crippen molar-refractivity contribution in [2.24, 2.45) is 5.92 Å². The molecule has 1 saturated heterocycles. The molecule has 3 aromatic rings. The van der Waals surface area contributed by atoms with Crippen LogP contribution in [0, 0.1) is 19.8 Å². The molecule has 4 rings (SSSR count). The molecule has 7 nitrogen and oxygen atoms in total. The molecule has 0 N–H and O–H groups in total. The van der Waals surface area contributed by atoms with Gasteiger partial charge in [-0.1, -0.05) is 12.1 Å². The Morgan fingerprint density at radius 2 is 1.90 bits per heavy atom. The van der Waals surface area contributed by atoms with E-state index < -0.39 is 16.8 Å². The molecule has 0 aliphatic carbocycles. The van der Waals surface area contributed by atoms with Gasteiger partial charge in [-0.2, -0.15) is 0 Å². The molecular weight excluding hydrogens is 425 g/mol. The van der Waals surface area contributed by atoms with Crippen molar-refractivity contribution in [2.75, 3.05) is 26.1 Å². The van der Waals surface area contributed by atoms with Crippen molar-refractivity contribution >= 4 is 51.6 Å². The number of rotatable bonds is 5. The first kappa shape index (κ1) is 24.4. The van der Waals surface area contributed by atoms with Crippen LogP contribution in [0.25, 0.3) is 22.6 Å². The van der Waals surface area contributed by atoms with Crippen molar-refractivity contribution in [3.05, 3.63) is 41.6 Å². The molecule has 1 aliphatic rings. The minimum Gasteiger partial charge on any atom is -0.492 e. The number of hydrogen-bond acceptors (Lipinski definition) is 6. The zero-order valence-electron chi connectivity index (χ0n) is 19.0. The van der Waals surface area contributed by atoms with Crippen LogP contribution in [0.3, 0.4) is 0 Å². The van der Waals surface area contributed by atoms with Crippen molar-refractivity contribution in [2.45, 2.75) is 33.5 Å². The fraction of sp³-hybridized carbons (Fsp3) is 0.455. The third-order valence-electron chi connectivity index (χ3n) is 5.23. The second-order valence-electron chi connectivity index (χ2n) is 8.09. The summed E-state index contributed by atoms with van der Waals surface area (Å²) in [6.45, 7) is 9.42. The quantitative estimate of drug-likeness (QED) is 0.553. The van der Waals surface area contributed by atoms with E-state index in [0.29, 0.717) is 31.3 Å². The van der Waals surface area contributed by atoms with Crippen molar-refractivity contribution in [1.82, 2.24) is 13.9 Å². The molecule has 2 aromatic heterocycles. The molecule has 0 bridgehead atoms. The third-order valence-corrected chi connectivity index (χ3v) is 6.11. The van der Waals surface area contributed by atoms with Gasteiger partial charge < -0.3 is 14.2 Å². The monoisotopic (exact) mass is 452 g/mol. The second-order valence-corrected chi connectivity index (χ2v) is 9.30. The minimum absolute atomic E-state index is 0. The first-order valence-corrected chi connectivity index (χ1v) is 11.5. The van der Waals surface area contributed by atoms with Gasteiger partial charge in [0.2, 0.25) is 0 Å². The second kappa shape index (κ2) is 9.68. The summed E-state index contributed by atoms with van der Waals surface area (Å²) in [7, 11) is -1.28. The van der Waals surface area contributed by atoms with E-state index in [-0.39, 0.29) is 35.5 Å². The average molecular weight is 453 g/mol. The van der Waals surface area contributed by atoms with Crippen LogP contribution < -0.4 is 4.74 Å². The van der Waals surface area contributed by atoms with Crippen LogP contribution >= 0.6 is 0 Å². The van der Waals surface area contributed by atoms with Crippen LogP contribution in [0.1, 0.15) is 25.0 Å². The van der Waals surface area contributed by atoms with Crippen LogP contribution in [0.4, 0.5) is 0 Å². The summed E-state index contributed by atoms with van der Waals surface area (Å²) in [5.41, 5.74) is 4.08. The summed E-state index contributed by atoms with van der Waals surface area (Å²) in [4.78, 5) is 9.33. The van der Waals surface area contributed by atoms with E-state index >= 15 is 0 Å². The number of ether oxygens (including phenoxy) is 3. The van der Waals surface area contributed by atoms with Crippen LogP contribution in [0.15, 0.2) is 30.5 Å². The maximum atomic E-state index is 12.5. The molecule has 1 aliphatic heterocycles. The van der Waals surface area contributed by atoms with Crippen molar-refractivity contribution in [1.29, 1.82) is 0 Å². The maximum Gasteiger partial charge on any atom is 0.172 e. The Hall–Kier alpha value is -1.29. The molecule has 1 fully saturated rings. The number of fused-ring (bicyclic) bond motifs is 1. The van der Waals surface area contributed by atoms with E-state index in [9.17, 15) is 4.21 Å². The summed E-state index contributed by atoms with van der Waals surface area (Å²) in [5.74, 6) is 0.957. The molecule has 31 heavy (non-hydrogen) atoms. The molecule has 1 aromatic carbocycles. The molecule has 1 radical (unpaired) electrons. The Morgan fingerprint density at radius 1 is 1.23 bits per heavy atom. The molecule has 1 atom stereocenters. The van der Waals surface area contributed by atoms with Gasteiger partial charge in [-0.05, 0) is 39.8 Å². The smallest absolute Gasteiger partial charge is 0.172 e. The molecule has 3 heterocycles. The van der Waals surface area contributed by atoms with Gasteiger partial charge in [-0.15, -0.1) is 0 Å². The summed E-state index contributed by atoms with van der Waals surface area (Å²) < 4.78 is 31.9. The molecule has 9 heteroatoms. The Morgan fingerprint density at radius 3 is 2.58 bits per heavy atom. The van der Waals surface area contributed by atoms with Crippen molar-refractivity contribution in [3.63, 3.8) is 0 Å². The SMILES string of the molecule is Cc1cnc(-c2nc3ccccc3n2S(C)=O)c(C)c1OCC1COC(C)(C)OC1.[Na]. The van der Waals surface area contributed by atoms with E-state index in [1.807, 2.05) is 52.0 Å². The number of benzene rings is 1. The van der Waals surface area contributed by atoms with Crippen molar-refractivity contribution in [3.8, 4) is 17.3 Å². The van der Waals surface area contributed by atoms with Gasteiger partial charge in [0.1, 0.15) is 22.4 Å². The molecule has 161 valence electrons. The predicted octanol–water partition coefficient (Wildman–Crippen LogP) is 3.25. The van der Waals surface area contributed by atoms with Crippen LogP contribution in [0.2, 0.25) is 0 Å². The number of aromatic nitrogens is 3. The van der Waals surface area contributed by atoms with Crippen LogP contribution in [-0.2, 0) is 20.5 Å². The third kappa shape index (κ3) is 5.05. The number of aryl methyl sites for hydroxylation is 1. The van der Waals surface area contributed by atoms with Crippen LogP contribution in [0.5, 0.6) is 5.75 Å². The number of imidazole rings is 1. The molecular formula is C22H27N3NaO4S. The van der Waals surface area contributed by atoms with E-state index in [1.165, 1.54) is 0 Å². The predicted molar refractivity (Wildman–Crippen MR) is 123 cm³/mol. The molecule has 0 amide bonds. The first-order chi connectivity index (χ1) is 14.3. The Bertz CT molecular complexity index is 1110. The number of pyridine rings is 1. The zero-order valence-corrected chi connectivity index (χ0v) is 21.8. The standard InChI is InChI=1S/C22H27N3O4S.Na/c1-14-10-23-19(21-24-17-8-6-7-9-18(17)25(21)30(5)26)15(2)20(14)27-11-16-12-28-22(3,4)29-13-16;/h6-10,16H,11-13H2,1-5H3;. The van der Waals surface area contributed by atoms with Gasteiger partial charge in [0.05, 0.1) is 30.9 Å². The normalized spacial score (nSPS) is 17.3. The summed E-state index contributed by atoms with van der Waals surface area (Å²) >= 11 is 0. The molecule has 0 spiro atoms. The minimum atomic E-state index is -1.28. The topological polar surface area (TPSA) is 75.5 Å². The Balaban J connectivity index is 0.00000272. The number of para-hydroxylation sites is 2. The van der Waals surface area contributed by atoms with Gasteiger partial charge in [0.15, 0.2) is 11.6 Å². The first-order valence-electron chi connectivity index (χ1n) is 9.95. The largest absolute Gasteiger partial charge is 0.492 e. The maximum absolute atomic E-state index is 12.5. The Labute approximate surface area is 207 Å². The van der Waals surface area contributed by atoms with Gasteiger partial charge in [0.25, 0.3) is 0 Å². The summed E-state index contributed by atoms with van der Waals surface area (Å²) in [6, 6.07) is 7.66. The number of nitrogens with zero attached hydrogens (tertiary/aromatic N) is 3. The van der Waals surface area contributed by atoms with Crippen molar-refractivity contribution < 1.29 is 18.4 Å². The van der Waals surface area contributed by atoms with Gasteiger partial charge in [-0.3, -0.25) is 4.98 Å². The summed E-state index contributed by atoms with van der Waals surface area (Å²) in [6.07, 6.45) is 3.42. The zero-order chi connectivity index (χ0) is 21.5.